The molecule has 1 aromatic carbocycles. The molecule has 3 aromatic rings. The predicted octanol–water partition coefficient (Wildman–Crippen LogP) is 2.33. The lowest BCUT2D eigenvalue weighted by atomic mass is 10.2. The second-order valence-electron chi connectivity index (χ2n) is 5.99. The number of furan rings is 1. The molecule has 1 amide bonds. The first-order valence-corrected chi connectivity index (χ1v) is 10.9. The Morgan fingerprint density at radius 1 is 1.14 bits per heavy atom. The van der Waals surface area contributed by atoms with Crippen molar-refractivity contribution in [3.63, 3.8) is 0 Å². The molecule has 3 rings (SSSR count). The first-order valence-electron chi connectivity index (χ1n) is 8.57. The lowest BCUT2D eigenvalue weighted by molar-refractivity contribution is 0.0901. The van der Waals surface area contributed by atoms with Crippen molar-refractivity contribution >= 4 is 27.3 Å². The second-order valence-corrected chi connectivity index (χ2v) is 8.79. The summed E-state index contributed by atoms with van der Waals surface area (Å²) in [6.45, 7) is 0.284. The number of thiophene rings is 1. The molecule has 0 bridgehead atoms. The third-order valence-corrected chi connectivity index (χ3v) is 6.41. The van der Waals surface area contributed by atoms with Gasteiger partial charge in [0.25, 0.3) is 5.91 Å². The minimum Gasteiger partial charge on any atom is -0.467 e. The van der Waals surface area contributed by atoms with Crippen LogP contribution in [0.15, 0.2) is 69.5 Å². The molecule has 1 unspecified atom stereocenters. The van der Waals surface area contributed by atoms with E-state index in [-0.39, 0.29) is 11.4 Å². The summed E-state index contributed by atoms with van der Waals surface area (Å²) in [6.07, 6.45) is 1.11. The highest BCUT2D eigenvalue weighted by atomic mass is 32.2. The Morgan fingerprint density at radius 3 is 2.57 bits per heavy atom. The lowest BCUT2D eigenvalue weighted by Crippen LogP contribution is -2.28. The quantitative estimate of drug-likeness (QED) is 0.492. The van der Waals surface area contributed by atoms with Crippen LogP contribution in [0.1, 0.15) is 27.1 Å². The van der Waals surface area contributed by atoms with Gasteiger partial charge in [0.2, 0.25) is 10.0 Å². The third kappa shape index (κ3) is 5.29. The van der Waals surface area contributed by atoms with Gasteiger partial charge in [0.05, 0.1) is 17.7 Å². The predicted molar refractivity (Wildman–Crippen MR) is 106 cm³/mol. The van der Waals surface area contributed by atoms with E-state index in [0.717, 1.165) is 4.88 Å². The van der Waals surface area contributed by atoms with Crippen LogP contribution in [0.3, 0.4) is 0 Å². The van der Waals surface area contributed by atoms with Gasteiger partial charge in [0, 0.05) is 17.0 Å². The monoisotopic (exact) mass is 420 g/mol. The molecule has 7 nitrogen and oxygen atoms in total. The SMILES string of the molecule is O=C(NCC(O)c1ccco1)c1ccc(S(=O)(=O)NCCc2cccs2)cc1. The van der Waals surface area contributed by atoms with Gasteiger partial charge in [-0.1, -0.05) is 6.07 Å². The van der Waals surface area contributed by atoms with Crippen LogP contribution in [0.4, 0.5) is 0 Å². The molecule has 9 heteroatoms. The van der Waals surface area contributed by atoms with Crippen molar-refractivity contribution in [1.29, 1.82) is 0 Å². The van der Waals surface area contributed by atoms with Gasteiger partial charge < -0.3 is 14.8 Å². The minimum absolute atomic E-state index is 0.0172. The van der Waals surface area contributed by atoms with Crippen LogP contribution < -0.4 is 10.0 Å². The van der Waals surface area contributed by atoms with Gasteiger partial charge in [-0.15, -0.1) is 11.3 Å². The van der Waals surface area contributed by atoms with Crippen LogP contribution >= 0.6 is 11.3 Å². The van der Waals surface area contributed by atoms with Gasteiger partial charge >= 0.3 is 0 Å². The third-order valence-electron chi connectivity index (χ3n) is 4.00. The molecule has 0 aliphatic carbocycles. The summed E-state index contributed by atoms with van der Waals surface area (Å²) < 4.78 is 32.3. The highest BCUT2D eigenvalue weighted by Gasteiger charge is 2.16. The van der Waals surface area contributed by atoms with Gasteiger partial charge in [-0.3, -0.25) is 4.79 Å². The molecule has 0 spiro atoms. The summed E-state index contributed by atoms with van der Waals surface area (Å²) in [5, 5.41) is 14.4. The molecule has 0 aliphatic heterocycles. The fourth-order valence-electron chi connectivity index (χ4n) is 2.51. The van der Waals surface area contributed by atoms with Crippen molar-refractivity contribution in [3.8, 4) is 0 Å². The van der Waals surface area contributed by atoms with E-state index in [1.54, 1.807) is 23.5 Å². The van der Waals surface area contributed by atoms with Crippen molar-refractivity contribution in [2.75, 3.05) is 13.1 Å². The standard InChI is InChI=1S/C19H20N2O5S2/c22-17(18-4-1-11-26-18)13-20-19(23)14-5-7-16(8-6-14)28(24,25)21-10-9-15-3-2-12-27-15/h1-8,11-12,17,21-22H,9-10,13H2,(H,20,23). The Balaban J connectivity index is 1.53. The summed E-state index contributed by atoms with van der Waals surface area (Å²) in [4.78, 5) is 13.4. The molecular weight excluding hydrogens is 400 g/mol. The van der Waals surface area contributed by atoms with Crippen LogP contribution in [0.5, 0.6) is 0 Å². The van der Waals surface area contributed by atoms with Gasteiger partial charge in [0.15, 0.2) is 0 Å². The number of aliphatic hydroxyl groups is 1. The van der Waals surface area contributed by atoms with E-state index < -0.39 is 22.0 Å². The van der Waals surface area contributed by atoms with E-state index in [2.05, 4.69) is 10.0 Å². The average molecular weight is 421 g/mol. The average Bonchev–Trinajstić information content (AvgIpc) is 3.40. The smallest absolute Gasteiger partial charge is 0.251 e. The number of sulfonamides is 1. The van der Waals surface area contributed by atoms with Crippen LogP contribution in [0.2, 0.25) is 0 Å². The largest absolute Gasteiger partial charge is 0.467 e. The minimum atomic E-state index is -3.64. The summed E-state index contributed by atoms with van der Waals surface area (Å²) in [5.41, 5.74) is 0.296. The van der Waals surface area contributed by atoms with E-state index >= 15 is 0 Å². The molecule has 3 N–H and O–H groups in total. The van der Waals surface area contributed by atoms with Crippen molar-refractivity contribution in [2.24, 2.45) is 0 Å². The summed E-state index contributed by atoms with van der Waals surface area (Å²) >= 11 is 1.58. The Hall–Kier alpha value is -2.46. The number of carbonyl (C=O) groups excluding carboxylic acids is 1. The molecule has 28 heavy (non-hydrogen) atoms. The molecule has 1 atom stereocenters. The lowest BCUT2D eigenvalue weighted by Gasteiger charge is -2.10. The van der Waals surface area contributed by atoms with Gasteiger partial charge in [-0.2, -0.15) is 0 Å². The van der Waals surface area contributed by atoms with E-state index in [0.29, 0.717) is 24.3 Å². The van der Waals surface area contributed by atoms with Crippen molar-refractivity contribution in [1.82, 2.24) is 10.0 Å². The van der Waals surface area contributed by atoms with Gasteiger partial charge in [0.1, 0.15) is 11.9 Å². The maximum absolute atomic E-state index is 12.3. The zero-order valence-electron chi connectivity index (χ0n) is 14.9. The first kappa shape index (κ1) is 20.3. The van der Waals surface area contributed by atoms with Crippen LogP contribution in [0.25, 0.3) is 0 Å². The number of hydrogen-bond acceptors (Lipinski definition) is 6. The summed E-state index contributed by atoms with van der Waals surface area (Å²) in [7, 11) is -3.64. The topological polar surface area (TPSA) is 109 Å². The Kier molecular flexibility index (Phi) is 6.63. The van der Waals surface area contributed by atoms with Crippen molar-refractivity contribution < 1.29 is 22.7 Å². The number of aliphatic hydroxyl groups excluding tert-OH is 1. The number of hydrogen-bond donors (Lipinski definition) is 3. The van der Waals surface area contributed by atoms with Crippen LogP contribution in [0, 0.1) is 0 Å². The van der Waals surface area contributed by atoms with Crippen LogP contribution in [-0.4, -0.2) is 32.5 Å². The number of rotatable bonds is 9. The number of carbonyl (C=O) groups is 1. The van der Waals surface area contributed by atoms with Gasteiger partial charge in [-0.05, 0) is 54.3 Å². The normalized spacial score (nSPS) is 12.6. The van der Waals surface area contributed by atoms with Crippen molar-refractivity contribution in [3.05, 3.63) is 76.4 Å². The van der Waals surface area contributed by atoms with E-state index in [4.69, 9.17) is 4.42 Å². The van der Waals surface area contributed by atoms with Crippen LogP contribution in [-0.2, 0) is 16.4 Å². The molecule has 2 aromatic heterocycles. The number of nitrogens with one attached hydrogen (secondary N) is 2. The Labute approximate surface area is 167 Å². The molecule has 0 saturated heterocycles. The molecule has 0 saturated carbocycles. The fourth-order valence-corrected chi connectivity index (χ4v) is 4.25. The van der Waals surface area contributed by atoms with E-state index in [9.17, 15) is 18.3 Å². The van der Waals surface area contributed by atoms with Gasteiger partial charge in [-0.25, -0.2) is 13.1 Å². The van der Waals surface area contributed by atoms with Crippen molar-refractivity contribution in [2.45, 2.75) is 17.4 Å². The number of benzene rings is 1. The second kappa shape index (κ2) is 9.16. The zero-order valence-corrected chi connectivity index (χ0v) is 16.5. The molecule has 0 radical (unpaired) electrons. The number of amides is 1. The Morgan fingerprint density at radius 2 is 1.93 bits per heavy atom. The maximum Gasteiger partial charge on any atom is 0.251 e. The molecule has 0 fully saturated rings. The zero-order chi connectivity index (χ0) is 20.0. The molecule has 0 aliphatic rings. The summed E-state index contributed by atoms with van der Waals surface area (Å²) in [6, 6.07) is 12.8. The Bertz CT molecular complexity index is 982. The first-order chi connectivity index (χ1) is 13.5. The fraction of sp³-hybridized carbons (Fsp3) is 0.211. The molecule has 2 heterocycles. The summed E-state index contributed by atoms with van der Waals surface area (Å²) in [5.74, 6) is -0.0597. The molecular formula is C19H20N2O5S2. The highest BCUT2D eigenvalue weighted by Crippen LogP contribution is 2.14. The molecule has 148 valence electrons. The highest BCUT2D eigenvalue weighted by molar-refractivity contribution is 7.89. The maximum atomic E-state index is 12.3. The van der Waals surface area contributed by atoms with E-state index in [1.807, 2.05) is 17.5 Å². The van der Waals surface area contributed by atoms with E-state index in [1.165, 1.54) is 30.5 Å².